The Balaban J connectivity index is 1.96. The summed E-state index contributed by atoms with van der Waals surface area (Å²) in [7, 11) is 1.58. The first-order valence-electron chi connectivity index (χ1n) is 8.62. The Kier molecular flexibility index (Phi) is 4.91. The number of ether oxygens (including phenoxy) is 1. The number of aromatic amines is 1. The summed E-state index contributed by atoms with van der Waals surface area (Å²) in [4.78, 5) is 19.8. The molecule has 27 heavy (non-hydrogen) atoms. The van der Waals surface area contributed by atoms with Gasteiger partial charge in [0.2, 0.25) is 5.91 Å². The summed E-state index contributed by atoms with van der Waals surface area (Å²) in [6.07, 6.45) is 1.74. The van der Waals surface area contributed by atoms with Crippen LogP contribution in [-0.2, 0) is 4.79 Å². The predicted octanol–water partition coefficient (Wildman–Crippen LogP) is 2.58. The number of aryl methyl sites for hydroxylation is 1. The fraction of sp³-hybridized carbons (Fsp3) is 0.300. The van der Waals surface area contributed by atoms with Gasteiger partial charge >= 0.3 is 0 Å². The maximum absolute atomic E-state index is 12.2. The molecule has 1 atom stereocenters. The molecule has 0 radical (unpaired) electrons. The lowest BCUT2D eigenvalue weighted by Gasteiger charge is -2.24. The lowest BCUT2D eigenvalue weighted by molar-refractivity contribution is -0.122. The zero-order valence-electron chi connectivity index (χ0n) is 15.8. The molecule has 0 spiro atoms. The van der Waals surface area contributed by atoms with Gasteiger partial charge in [0.1, 0.15) is 17.4 Å². The van der Waals surface area contributed by atoms with Crippen molar-refractivity contribution in [3.63, 3.8) is 0 Å². The second kappa shape index (κ2) is 7.02. The molecule has 142 valence electrons. The number of nitrogens with one attached hydrogen (secondary N) is 2. The number of carbonyl (C=O) groups is 1. The fourth-order valence-electron chi connectivity index (χ4n) is 2.93. The van der Waals surface area contributed by atoms with Crippen molar-refractivity contribution in [3.05, 3.63) is 42.2 Å². The van der Waals surface area contributed by atoms with Crippen molar-refractivity contribution in [3.8, 4) is 16.9 Å². The lowest BCUT2D eigenvalue weighted by Crippen LogP contribution is -2.51. The number of hydrogen-bond acceptors (Lipinski definition) is 5. The van der Waals surface area contributed by atoms with Crippen LogP contribution in [0.15, 0.2) is 36.5 Å². The summed E-state index contributed by atoms with van der Waals surface area (Å²) in [6.45, 7) is 4.97. The van der Waals surface area contributed by atoms with Gasteiger partial charge in [-0.15, -0.1) is 0 Å². The molecule has 1 amide bonds. The molecule has 0 aliphatic rings. The van der Waals surface area contributed by atoms with Gasteiger partial charge in [0.25, 0.3) is 0 Å². The van der Waals surface area contributed by atoms with Gasteiger partial charge in [0.15, 0.2) is 0 Å². The van der Waals surface area contributed by atoms with Crippen molar-refractivity contribution >= 4 is 22.6 Å². The van der Waals surface area contributed by atoms with Crippen molar-refractivity contribution in [1.29, 1.82) is 0 Å². The molecule has 3 rings (SSSR count). The highest BCUT2D eigenvalue weighted by Crippen LogP contribution is 2.36. The SMILES string of the molecule is COc1cc(NC(=O)[C@H](N)C(C)(C)O)ccc1-c1ccnc2[nH]c(C)cc12. The minimum Gasteiger partial charge on any atom is -0.496 e. The number of amides is 1. The fourth-order valence-corrected chi connectivity index (χ4v) is 2.93. The first-order valence-corrected chi connectivity index (χ1v) is 8.62. The molecule has 0 fully saturated rings. The van der Waals surface area contributed by atoms with Gasteiger partial charge in [-0.05, 0) is 50.6 Å². The molecule has 7 heteroatoms. The van der Waals surface area contributed by atoms with Crippen molar-refractivity contribution in [2.24, 2.45) is 5.73 Å². The van der Waals surface area contributed by atoms with Crippen LogP contribution in [0, 0.1) is 6.92 Å². The second-order valence-electron chi connectivity index (χ2n) is 7.11. The third-order valence-electron chi connectivity index (χ3n) is 4.47. The van der Waals surface area contributed by atoms with Crippen molar-refractivity contribution in [1.82, 2.24) is 9.97 Å². The number of methoxy groups -OCH3 is 1. The van der Waals surface area contributed by atoms with Crippen LogP contribution >= 0.6 is 0 Å². The molecular weight excluding hydrogens is 344 g/mol. The number of anilines is 1. The van der Waals surface area contributed by atoms with E-state index in [1.807, 2.05) is 25.1 Å². The number of carbonyl (C=O) groups excluding carboxylic acids is 1. The van der Waals surface area contributed by atoms with Crippen LogP contribution in [0.25, 0.3) is 22.2 Å². The monoisotopic (exact) mass is 368 g/mol. The first kappa shape index (κ1) is 18.9. The summed E-state index contributed by atoms with van der Waals surface area (Å²) in [5, 5.41) is 13.6. The van der Waals surface area contributed by atoms with Gasteiger partial charge in [-0.3, -0.25) is 4.79 Å². The molecule has 1 aromatic carbocycles. The average molecular weight is 368 g/mol. The Hall–Kier alpha value is -2.90. The highest BCUT2D eigenvalue weighted by atomic mass is 16.5. The van der Waals surface area contributed by atoms with Gasteiger partial charge in [0, 0.05) is 34.6 Å². The summed E-state index contributed by atoms with van der Waals surface area (Å²) in [5.41, 5.74) is 8.71. The molecule has 7 nitrogen and oxygen atoms in total. The van der Waals surface area contributed by atoms with Crippen LogP contribution in [-0.4, -0.2) is 39.7 Å². The second-order valence-corrected chi connectivity index (χ2v) is 7.11. The molecule has 0 unspecified atom stereocenters. The predicted molar refractivity (Wildman–Crippen MR) is 106 cm³/mol. The normalized spacial score (nSPS) is 12.8. The van der Waals surface area contributed by atoms with E-state index in [0.29, 0.717) is 11.4 Å². The van der Waals surface area contributed by atoms with E-state index in [1.54, 1.807) is 25.4 Å². The van der Waals surface area contributed by atoms with E-state index in [1.165, 1.54) is 13.8 Å². The van der Waals surface area contributed by atoms with Gasteiger partial charge in [-0.1, -0.05) is 0 Å². The van der Waals surface area contributed by atoms with Gasteiger partial charge in [-0.25, -0.2) is 4.98 Å². The number of nitrogens with zero attached hydrogens (tertiary/aromatic N) is 1. The van der Waals surface area contributed by atoms with Crippen molar-refractivity contribution in [2.45, 2.75) is 32.4 Å². The standard InChI is InChI=1S/C20H24N4O3/c1-11-9-15-13(7-8-22-18(15)23-11)14-6-5-12(10-16(14)27-4)24-19(25)17(21)20(2,3)26/h5-10,17,26H,21H2,1-4H3,(H,22,23)(H,24,25)/t17-/m0/s1. The number of aliphatic hydroxyl groups is 1. The maximum atomic E-state index is 12.2. The highest BCUT2D eigenvalue weighted by Gasteiger charge is 2.29. The Morgan fingerprint density at radius 2 is 2.04 bits per heavy atom. The number of nitrogens with two attached hydrogens (primary N) is 1. The first-order chi connectivity index (χ1) is 12.7. The van der Waals surface area contributed by atoms with Crippen molar-refractivity contribution < 1.29 is 14.6 Å². The van der Waals surface area contributed by atoms with E-state index in [2.05, 4.69) is 15.3 Å². The number of hydrogen-bond donors (Lipinski definition) is 4. The Morgan fingerprint density at radius 3 is 2.70 bits per heavy atom. The number of benzene rings is 1. The van der Waals surface area contributed by atoms with E-state index < -0.39 is 17.6 Å². The maximum Gasteiger partial charge on any atom is 0.244 e. The Labute approximate surface area is 157 Å². The van der Waals surface area contributed by atoms with Crippen LogP contribution < -0.4 is 15.8 Å². The minimum absolute atomic E-state index is 0.468. The molecule has 0 aliphatic carbocycles. The van der Waals surface area contributed by atoms with Crippen LogP contribution in [0.4, 0.5) is 5.69 Å². The van der Waals surface area contributed by atoms with E-state index >= 15 is 0 Å². The number of pyridine rings is 1. The zero-order chi connectivity index (χ0) is 19.8. The van der Waals surface area contributed by atoms with E-state index in [9.17, 15) is 9.90 Å². The molecule has 0 saturated heterocycles. The molecule has 0 saturated carbocycles. The van der Waals surface area contributed by atoms with Crippen molar-refractivity contribution in [2.75, 3.05) is 12.4 Å². The van der Waals surface area contributed by atoms with Crippen LogP contribution in [0.1, 0.15) is 19.5 Å². The molecular formula is C20H24N4O3. The van der Waals surface area contributed by atoms with Crippen LogP contribution in [0.3, 0.4) is 0 Å². The summed E-state index contributed by atoms with van der Waals surface area (Å²) >= 11 is 0. The van der Waals surface area contributed by atoms with Crippen LogP contribution in [0.2, 0.25) is 0 Å². The Bertz CT molecular complexity index is 989. The van der Waals surface area contributed by atoms with Crippen LogP contribution in [0.5, 0.6) is 5.75 Å². The molecule has 3 aromatic rings. The smallest absolute Gasteiger partial charge is 0.244 e. The van der Waals surface area contributed by atoms with Gasteiger partial charge < -0.3 is 25.9 Å². The highest BCUT2D eigenvalue weighted by molar-refractivity contribution is 5.98. The van der Waals surface area contributed by atoms with Gasteiger partial charge in [0.05, 0.1) is 12.7 Å². The minimum atomic E-state index is -1.32. The molecule has 0 aliphatic heterocycles. The summed E-state index contributed by atoms with van der Waals surface area (Å²) in [6, 6.07) is 8.30. The molecule has 0 bridgehead atoms. The lowest BCUT2D eigenvalue weighted by atomic mass is 9.99. The summed E-state index contributed by atoms with van der Waals surface area (Å²) < 4.78 is 5.54. The molecule has 2 heterocycles. The quantitative estimate of drug-likeness (QED) is 0.553. The largest absolute Gasteiger partial charge is 0.496 e. The zero-order valence-corrected chi connectivity index (χ0v) is 15.8. The molecule has 2 aromatic heterocycles. The average Bonchev–Trinajstić information content (AvgIpc) is 3.00. The third-order valence-corrected chi connectivity index (χ3v) is 4.47. The number of aromatic nitrogens is 2. The summed E-state index contributed by atoms with van der Waals surface area (Å²) in [5.74, 6) is 0.140. The number of fused-ring (bicyclic) bond motifs is 1. The Morgan fingerprint density at radius 1 is 1.30 bits per heavy atom. The topological polar surface area (TPSA) is 113 Å². The van der Waals surface area contributed by atoms with E-state index in [-0.39, 0.29) is 0 Å². The number of H-pyrrole nitrogens is 1. The van der Waals surface area contributed by atoms with Gasteiger partial charge in [-0.2, -0.15) is 0 Å². The number of rotatable bonds is 5. The van der Waals surface area contributed by atoms with E-state index in [4.69, 9.17) is 10.5 Å². The molecule has 5 N–H and O–H groups in total. The third kappa shape index (κ3) is 3.79. The van der Waals surface area contributed by atoms with E-state index in [0.717, 1.165) is 27.9 Å².